The molecule has 0 bridgehead atoms. The lowest BCUT2D eigenvalue weighted by Gasteiger charge is -2.28. The second-order valence-corrected chi connectivity index (χ2v) is 13.0. The first kappa shape index (κ1) is 39.2. The summed E-state index contributed by atoms with van der Waals surface area (Å²) in [6, 6.07) is 19.5. The van der Waals surface area contributed by atoms with Crippen LogP contribution in [-0.2, 0) is 38.3 Å². The molecule has 0 aliphatic carbocycles. The molecule has 3 aromatic carbocycles. The Labute approximate surface area is 292 Å². The molecule has 264 valence electrons. The number of benzene rings is 3. The van der Waals surface area contributed by atoms with E-state index in [1.807, 2.05) is 6.92 Å². The molecule has 0 heterocycles. The highest BCUT2D eigenvalue weighted by molar-refractivity contribution is 5.87. The Hall–Kier alpha value is -4.20. The minimum absolute atomic E-state index is 0.136. The van der Waals surface area contributed by atoms with Gasteiger partial charge in [-0.2, -0.15) is 0 Å². The lowest BCUT2D eigenvalue weighted by Crippen LogP contribution is -2.31. The maximum absolute atomic E-state index is 12.1. The molecule has 0 aliphatic heterocycles. The molecule has 0 spiro atoms. The van der Waals surface area contributed by atoms with E-state index in [1.54, 1.807) is 13.8 Å². The van der Waals surface area contributed by atoms with E-state index in [-0.39, 0.29) is 26.4 Å². The zero-order valence-electron chi connectivity index (χ0n) is 30.0. The van der Waals surface area contributed by atoms with Gasteiger partial charge in [-0.1, -0.05) is 75.0 Å². The monoisotopic (exact) mass is 670 g/mol. The normalized spacial score (nSPS) is 11.2. The molecule has 2 N–H and O–H groups in total. The zero-order chi connectivity index (χ0) is 36.0. The van der Waals surface area contributed by atoms with Crippen LogP contribution in [0.5, 0.6) is 5.75 Å². The Balaban J connectivity index is 2.06. The molecule has 49 heavy (non-hydrogen) atoms. The fraction of sp³-hybridized carbons (Fsp3) is 0.429. The van der Waals surface area contributed by atoms with Gasteiger partial charge in [-0.15, -0.1) is 0 Å². The standard InChI is InChI=1S/C42H54O7/c1-8-32-24-34(33-16-14-31(7)15-17-33)18-19-38(32)37-25-35(12-10-21-48-40(45)29(3)4)39(47-23-20-42(9-2,27-43)28-44)36(26-37)13-11-22-49-41(46)30(5)6/h14-19,24-26,43-44H,3,5,8-13,20-23,27-28H2,1-2,4,6-7H3. The Morgan fingerprint density at radius 1 is 0.714 bits per heavy atom. The third-order valence-electron chi connectivity index (χ3n) is 9.07. The van der Waals surface area contributed by atoms with Crippen molar-refractivity contribution in [1.82, 2.24) is 0 Å². The molecule has 0 atom stereocenters. The van der Waals surface area contributed by atoms with Gasteiger partial charge in [-0.05, 0) is 117 Å². The molecule has 3 rings (SSSR count). The van der Waals surface area contributed by atoms with E-state index in [2.05, 4.69) is 81.6 Å². The van der Waals surface area contributed by atoms with Crippen molar-refractivity contribution < 1.29 is 34.0 Å². The van der Waals surface area contributed by atoms with E-state index < -0.39 is 17.4 Å². The van der Waals surface area contributed by atoms with E-state index in [0.717, 1.165) is 40.0 Å². The third kappa shape index (κ3) is 11.2. The first-order valence-corrected chi connectivity index (χ1v) is 17.3. The molecule has 0 fully saturated rings. The van der Waals surface area contributed by atoms with Crippen molar-refractivity contribution in [1.29, 1.82) is 0 Å². The quantitative estimate of drug-likeness (QED) is 0.0711. The minimum atomic E-state index is -0.636. The van der Waals surface area contributed by atoms with E-state index in [0.29, 0.717) is 56.3 Å². The van der Waals surface area contributed by atoms with E-state index in [1.165, 1.54) is 16.7 Å². The largest absolute Gasteiger partial charge is 0.493 e. The molecule has 0 radical (unpaired) electrons. The lowest BCUT2D eigenvalue weighted by molar-refractivity contribution is -0.139. The van der Waals surface area contributed by atoms with Gasteiger partial charge in [0.25, 0.3) is 0 Å². The first-order chi connectivity index (χ1) is 23.5. The molecule has 7 heteroatoms. The second-order valence-electron chi connectivity index (χ2n) is 13.0. The molecule has 0 aliphatic rings. The van der Waals surface area contributed by atoms with Gasteiger partial charge in [0.15, 0.2) is 0 Å². The summed E-state index contributed by atoms with van der Waals surface area (Å²) in [5.41, 5.74) is 8.95. The number of hydrogen-bond donors (Lipinski definition) is 2. The molecule has 0 aromatic heterocycles. The van der Waals surface area contributed by atoms with Crippen LogP contribution >= 0.6 is 0 Å². The van der Waals surface area contributed by atoms with Crippen molar-refractivity contribution in [3.05, 3.63) is 101 Å². The van der Waals surface area contributed by atoms with Crippen molar-refractivity contribution in [2.75, 3.05) is 33.0 Å². The van der Waals surface area contributed by atoms with Crippen LogP contribution in [0.4, 0.5) is 0 Å². The smallest absolute Gasteiger partial charge is 0.333 e. The highest BCUT2D eigenvalue weighted by atomic mass is 16.5. The number of aliphatic hydroxyl groups is 2. The summed E-state index contributed by atoms with van der Waals surface area (Å²) in [4.78, 5) is 24.1. The van der Waals surface area contributed by atoms with Crippen LogP contribution in [0.15, 0.2) is 78.9 Å². The molecule has 3 aromatic rings. The van der Waals surface area contributed by atoms with Gasteiger partial charge >= 0.3 is 11.9 Å². The van der Waals surface area contributed by atoms with Gasteiger partial charge in [0.2, 0.25) is 0 Å². The summed E-state index contributed by atoms with van der Waals surface area (Å²) in [6.45, 7) is 17.3. The number of rotatable bonds is 20. The van der Waals surface area contributed by atoms with Crippen molar-refractivity contribution in [3.8, 4) is 28.0 Å². The van der Waals surface area contributed by atoms with Crippen LogP contribution < -0.4 is 4.74 Å². The predicted molar refractivity (Wildman–Crippen MR) is 197 cm³/mol. The Bertz CT molecular complexity index is 1520. The summed E-state index contributed by atoms with van der Waals surface area (Å²) >= 11 is 0. The lowest BCUT2D eigenvalue weighted by atomic mass is 9.84. The summed E-state index contributed by atoms with van der Waals surface area (Å²) < 4.78 is 17.3. The van der Waals surface area contributed by atoms with Gasteiger partial charge in [-0.3, -0.25) is 0 Å². The first-order valence-electron chi connectivity index (χ1n) is 17.3. The number of ether oxygens (including phenoxy) is 3. The summed E-state index contributed by atoms with van der Waals surface area (Å²) in [5, 5.41) is 20.1. The summed E-state index contributed by atoms with van der Waals surface area (Å²) in [5.74, 6) is -0.0998. The van der Waals surface area contributed by atoms with Crippen molar-refractivity contribution in [3.63, 3.8) is 0 Å². The van der Waals surface area contributed by atoms with Crippen molar-refractivity contribution in [2.24, 2.45) is 5.41 Å². The number of aryl methyl sites for hydroxylation is 4. The molecule has 0 unspecified atom stereocenters. The molecule has 0 saturated carbocycles. The average molecular weight is 671 g/mol. The number of esters is 2. The Morgan fingerprint density at radius 2 is 1.22 bits per heavy atom. The molecule has 0 amide bonds. The van der Waals surface area contributed by atoms with Crippen molar-refractivity contribution >= 4 is 11.9 Å². The van der Waals surface area contributed by atoms with E-state index in [9.17, 15) is 19.8 Å². The van der Waals surface area contributed by atoms with Crippen LogP contribution in [-0.4, -0.2) is 55.2 Å². The Morgan fingerprint density at radius 3 is 1.69 bits per heavy atom. The van der Waals surface area contributed by atoms with Crippen LogP contribution in [0.1, 0.15) is 75.6 Å². The van der Waals surface area contributed by atoms with Gasteiger partial charge in [0.1, 0.15) is 5.75 Å². The Kier molecular flexibility index (Phi) is 15.3. The highest BCUT2D eigenvalue weighted by Crippen LogP contribution is 2.37. The topological polar surface area (TPSA) is 102 Å². The third-order valence-corrected chi connectivity index (χ3v) is 9.07. The van der Waals surface area contributed by atoms with Crippen LogP contribution in [0.3, 0.4) is 0 Å². The molecular weight excluding hydrogens is 616 g/mol. The second kappa shape index (κ2) is 19.1. The zero-order valence-corrected chi connectivity index (χ0v) is 30.0. The fourth-order valence-corrected chi connectivity index (χ4v) is 5.64. The van der Waals surface area contributed by atoms with Gasteiger partial charge in [0, 0.05) is 16.6 Å². The summed E-state index contributed by atoms with van der Waals surface area (Å²) in [6.07, 6.45) is 4.26. The number of hydrogen-bond acceptors (Lipinski definition) is 7. The van der Waals surface area contributed by atoms with Gasteiger partial charge < -0.3 is 24.4 Å². The molecule has 0 saturated heterocycles. The van der Waals surface area contributed by atoms with Crippen LogP contribution in [0.2, 0.25) is 0 Å². The molecule has 7 nitrogen and oxygen atoms in total. The van der Waals surface area contributed by atoms with Gasteiger partial charge in [0.05, 0.1) is 33.0 Å². The van der Waals surface area contributed by atoms with Crippen molar-refractivity contribution in [2.45, 2.75) is 79.6 Å². The summed E-state index contributed by atoms with van der Waals surface area (Å²) in [7, 11) is 0. The molecular formula is C42H54O7. The average Bonchev–Trinajstić information content (AvgIpc) is 3.10. The van der Waals surface area contributed by atoms with Gasteiger partial charge in [-0.25, -0.2) is 9.59 Å². The van der Waals surface area contributed by atoms with E-state index >= 15 is 0 Å². The SMILES string of the molecule is C=C(C)C(=O)OCCCc1cc(-c2ccc(-c3ccc(C)cc3)cc2CC)cc(CCCOC(=O)C(=C)C)c1OCCC(CC)(CO)CO. The fourth-order valence-electron chi connectivity index (χ4n) is 5.64. The maximum atomic E-state index is 12.1. The number of aliphatic hydroxyl groups excluding tert-OH is 2. The number of carbonyl (C=O) groups is 2. The van der Waals surface area contributed by atoms with E-state index in [4.69, 9.17) is 14.2 Å². The predicted octanol–water partition coefficient (Wildman–Crippen LogP) is 8.15. The maximum Gasteiger partial charge on any atom is 0.333 e. The van der Waals surface area contributed by atoms with Crippen LogP contribution in [0.25, 0.3) is 22.3 Å². The minimum Gasteiger partial charge on any atom is -0.493 e. The highest BCUT2D eigenvalue weighted by Gasteiger charge is 2.27. The number of carbonyl (C=O) groups excluding carboxylic acids is 2. The van der Waals surface area contributed by atoms with Crippen LogP contribution in [0, 0.1) is 12.3 Å².